The van der Waals surface area contributed by atoms with Crippen molar-refractivity contribution in [2.24, 2.45) is 0 Å². The number of anilines is 1. The molecule has 7 nitrogen and oxygen atoms in total. The van der Waals surface area contributed by atoms with Crippen LogP contribution in [0.4, 0.5) is 11.4 Å². The summed E-state index contributed by atoms with van der Waals surface area (Å²) in [5, 5.41) is 19.7. The summed E-state index contributed by atoms with van der Waals surface area (Å²) in [7, 11) is -4.19. The molecule has 11 heteroatoms. The van der Waals surface area contributed by atoms with E-state index < -0.39 is 14.9 Å². The van der Waals surface area contributed by atoms with E-state index in [1.165, 1.54) is 6.07 Å². The number of hydrogen-bond acceptors (Lipinski definition) is 5. The molecule has 0 unspecified atom stereocenters. The molecule has 2 aromatic carbocycles. The number of rotatable bonds is 4. The summed E-state index contributed by atoms with van der Waals surface area (Å²) in [6.45, 7) is 0. The van der Waals surface area contributed by atoms with Crippen molar-refractivity contribution >= 4 is 56.2 Å². The fourth-order valence-corrected chi connectivity index (χ4v) is 3.82. The third-order valence-corrected chi connectivity index (χ3v) is 5.40. The molecule has 0 heterocycles. The van der Waals surface area contributed by atoms with E-state index in [-0.39, 0.29) is 36.9 Å². The van der Waals surface area contributed by atoms with Gasteiger partial charge in [-0.2, -0.15) is 5.26 Å². The van der Waals surface area contributed by atoms with E-state index in [0.29, 0.717) is 0 Å². The zero-order valence-electron chi connectivity index (χ0n) is 11.5. The van der Waals surface area contributed by atoms with Crippen LogP contribution in [0.2, 0.25) is 15.1 Å². The first-order valence-electron chi connectivity index (χ1n) is 6.01. The van der Waals surface area contributed by atoms with Crippen LogP contribution in [0.5, 0.6) is 0 Å². The summed E-state index contributed by atoms with van der Waals surface area (Å²) >= 11 is 17.4. The number of halogens is 3. The van der Waals surface area contributed by atoms with Crippen molar-refractivity contribution in [1.29, 1.82) is 5.26 Å². The first kappa shape index (κ1) is 18.3. The van der Waals surface area contributed by atoms with Gasteiger partial charge in [-0.3, -0.25) is 14.8 Å². The summed E-state index contributed by atoms with van der Waals surface area (Å²) in [5.74, 6) is 0. The lowest BCUT2D eigenvalue weighted by Crippen LogP contribution is -2.14. The maximum atomic E-state index is 12.4. The molecule has 0 amide bonds. The fourth-order valence-electron chi connectivity index (χ4n) is 1.74. The monoisotopic (exact) mass is 405 g/mol. The molecule has 124 valence electrons. The molecule has 0 fully saturated rings. The second kappa shape index (κ2) is 6.83. The second-order valence-corrected chi connectivity index (χ2v) is 7.27. The Labute approximate surface area is 151 Å². The van der Waals surface area contributed by atoms with Gasteiger partial charge in [0.25, 0.3) is 15.7 Å². The normalized spacial score (nSPS) is 10.9. The Morgan fingerprint density at radius 2 is 1.71 bits per heavy atom. The largest absolute Gasteiger partial charge is 0.278 e. The van der Waals surface area contributed by atoms with E-state index in [2.05, 4.69) is 4.72 Å². The van der Waals surface area contributed by atoms with Gasteiger partial charge in [0.2, 0.25) is 0 Å². The van der Waals surface area contributed by atoms with Gasteiger partial charge >= 0.3 is 0 Å². The number of nitrogens with zero attached hydrogens (tertiary/aromatic N) is 2. The summed E-state index contributed by atoms with van der Waals surface area (Å²) in [5.41, 5.74) is -0.698. The molecule has 24 heavy (non-hydrogen) atoms. The Hall–Kier alpha value is -2.05. The molecule has 0 atom stereocenters. The van der Waals surface area contributed by atoms with Crippen LogP contribution in [-0.4, -0.2) is 13.3 Å². The number of non-ortho nitro benzene ring substituents is 1. The molecule has 0 bridgehead atoms. The molecule has 0 saturated heterocycles. The smallest absolute Gasteiger partial charge is 0.270 e. The van der Waals surface area contributed by atoms with Gasteiger partial charge in [0.05, 0.1) is 31.2 Å². The highest BCUT2D eigenvalue weighted by molar-refractivity contribution is 7.92. The van der Waals surface area contributed by atoms with Crippen LogP contribution in [0.25, 0.3) is 0 Å². The molecule has 0 saturated carbocycles. The van der Waals surface area contributed by atoms with Crippen LogP contribution in [0.15, 0.2) is 35.2 Å². The van der Waals surface area contributed by atoms with Crippen molar-refractivity contribution in [3.8, 4) is 6.07 Å². The van der Waals surface area contributed by atoms with Gasteiger partial charge in [-0.1, -0.05) is 34.8 Å². The summed E-state index contributed by atoms with van der Waals surface area (Å²) in [4.78, 5) is 9.67. The number of nitrogens with one attached hydrogen (secondary N) is 1. The zero-order chi connectivity index (χ0) is 18.1. The number of nitro benzene ring substituents is 1. The number of benzene rings is 2. The lowest BCUT2D eigenvalue weighted by atomic mass is 10.2. The predicted octanol–water partition coefficient (Wildman–Crippen LogP) is 4.23. The SMILES string of the molecule is N#Cc1cc([N+](=O)[O-])ccc1NS(=O)(=O)c1cc(Cl)c(Cl)cc1Cl. The van der Waals surface area contributed by atoms with Crippen molar-refractivity contribution in [3.05, 3.63) is 61.1 Å². The molecule has 0 spiro atoms. The van der Waals surface area contributed by atoms with Crippen LogP contribution in [-0.2, 0) is 10.0 Å². The summed E-state index contributed by atoms with van der Waals surface area (Å²) < 4.78 is 27.0. The number of nitriles is 1. The quantitative estimate of drug-likeness (QED) is 0.464. The van der Waals surface area contributed by atoms with E-state index >= 15 is 0 Å². The molecule has 0 radical (unpaired) electrons. The lowest BCUT2D eigenvalue weighted by molar-refractivity contribution is -0.384. The Balaban J connectivity index is 2.49. The summed E-state index contributed by atoms with van der Waals surface area (Å²) in [6, 6.07) is 7.05. The first-order valence-corrected chi connectivity index (χ1v) is 8.63. The van der Waals surface area contributed by atoms with Gasteiger partial charge in [0, 0.05) is 12.1 Å². The van der Waals surface area contributed by atoms with E-state index in [4.69, 9.17) is 40.1 Å². The molecule has 0 aromatic heterocycles. The van der Waals surface area contributed by atoms with Crippen molar-refractivity contribution in [2.75, 3.05) is 4.72 Å². The number of hydrogen-bond donors (Lipinski definition) is 1. The average Bonchev–Trinajstić information content (AvgIpc) is 2.50. The minimum Gasteiger partial charge on any atom is -0.278 e. The maximum Gasteiger partial charge on any atom is 0.270 e. The van der Waals surface area contributed by atoms with E-state index in [0.717, 1.165) is 24.3 Å². The Bertz CT molecular complexity index is 987. The van der Waals surface area contributed by atoms with Gasteiger partial charge in [0.15, 0.2) is 0 Å². The molecular weight excluding hydrogens is 401 g/mol. The molecule has 2 aromatic rings. The number of sulfonamides is 1. The zero-order valence-corrected chi connectivity index (χ0v) is 14.5. The van der Waals surface area contributed by atoms with Crippen LogP contribution >= 0.6 is 34.8 Å². The maximum absolute atomic E-state index is 12.4. The first-order chi connectivity index (χ1) is 11.2. The van der Waals surface area contributed by atoms with Crippen LogP contribution in [0.1, 0.15) is 5.56 Å². The highest BCUT2D eigenvalue weighted by atomic mass is 35.5. The highest BCUT2D eigenvalue weighted by Gasteiger charge is 2.22. The van der Waals surface area contributed by atoms with Gasteiger partial charge in [0.1, 0.15) is 11.0 Å². The Morgan fingerprint density at radius 1 is 1.08 bits per heavy atom. The van der Waals surface area contributed by atoms with Gasteiger partial charge < -0.3 is 0 Å². The van der Waals surface area contributed by atoms with Crippen LogP contribution in [0, 0.1) is 21.4 Å². The standard InChI is InChI=1S/C13H6Cl3N3O4S/c14-9-4-11(16)13(5-10(9)15)24(22,23)18-12-2-1-8(19(20)21)3-7(12)6-17/h1-5,18H. The lowest BCUT2D eigenvalue weighted by Gasteiger charge is -2.11. The third kappa shape index (κ3) is 3.71. The van der Waals surface area contributed by atoms with Crippen molar-refractivity contribution < 1.29 is 13.3 Å². The highest BCUT2D eigenvalue weighted by Crippen LogP contribution is 2.33. The molecular formula is C13H6Cl3N3O4S. The summed E-state index contributed by atoms with van der Waals surface area (Å²) in [6.07, 6.45) is 0. The van der Waals surface area contributed by atoms with Crippen molar-refractivity contribution in [3.63, 3.8) is 0 Å². The topological polar surface area (TPSA) is 113 Å². The second-order valence-electron chi connectivity index (χ2n) is 4.40. The minimum atomic E-state index is -4.19. The third-order valence-electron chi connectivity index (χ3n) is 2.84. The molecule has 0 aliphatic carbocycles. The van der Waals surface area contributed by atoms with Gasteiger partial charge in [-0.25, -0.2) is 8.42 Å². The fraction of sp³-hybridized carbons (Fsp3) is 0. The van der Waals surface area contributed by atoms with Crippen molar-refractivity contribution in [1.82, 2.24) is 0 Å². The molecule has 0 aliphatic heterocycles. The van der Waals surface area contributed by atoms with E-state index in [9.17, 15) is 18.5 Å². The van der Waals surface area contributed by atoms with E-state index in [1.807, 2.05) is 0 Å². The molecule has 0 aliphatic rings. The Kier molecular flexibility index (Phi) is 5.20. The van der Waals surface area contributed by atoms with Crippen LogP contribution < -0.4 is 4.72 Å². The Morgan fingerprint density at radius 3 is 2.29 bits per heavy atom. The number of nitro groups is 1. The van der Waals surface area contributed by atoms with Crippen LogP contribution in [0.3, 0.4) is 0 Å². The molecule has 2 rings (SSSR count). The average molecular weight is 407 g/mol. The predicted molar refractivity (Wildman–Crippen MR) is 90.1 cm³/mol. The molecule has 1 N–H and O–H groups in total. The van der Waals surface area contributed by atoms with E-state index in [1.54, 1.807) is 6.07 Å². The van der Waals surface area contributed by atoms with Crippen molar-refractivity contribution in [2.45, 2.75) is 4.90 Å². The van der Waals surface area contributed by atoms with Gasteiger partial charge in [-0.15, -0.1) is 0 Å². The minimum absolute atomic E-state index is 0.0225. The van der Waals surface area contributed by atoms with Gasteiger partial charge in [-0.05, 0) is 18.2 Å².